The summed E-state index contributed by atoms with van der Waals surface area (Å²) in [4.78, 5) is 14.0. The molecule has 0 saturated heterocycles. The fraction of sp³-hybridized carbons (Fsp3) is 0.375. The van der Waals surface area contributed by atoms with Crippen LogP contribution in [0.3, 0.4) is 0 Å². The van der Waals surface area contributed by atoms with Crippen LogP contribution in [-0.4, -0.2) is 36.3 Å². The van der Waals surface area contributed by atoms with Gasteiger partial charge in [0.25, 0.3) is 0 Å². The number of carbonyl (C=O) groups excluding carboxylic acids is 1. The maximum absolute atomic E-state index is 14.4. The van der Waals surface area contributed by atoms with Gasteiger partial charge < -0.3 is 19.7 Å². The molecular weight excluding hydrogens is 419 g/mol. The summed E-state index contributed by atoms with van der Waals surface area (Å²) in [7, 11) is 0. The lowest BCUT2D eigenvalue weighted by Gasteiger charge is -2.32. The molecule has 1 amide bonds. The number of hydrogen-bond donors (Lipinski definition) is 1. The number of carbonyl (C=O) groups is 1. The van der Waals surface area contributed by atoms with Crippen molar-refractivity contribution in [2.45, 2.75) is 38.8 Å². The second-order valence-corrected chi connectivity index (χ2v) is 9.20. The molecule has 0 fully saturated rings. The highest BCUT2D eigenvalue weighted by Gasteiger charge is 2.28. The van der Waals surface area contributed by atoms with Gasteiger partial charge in [-0.1, -0.05) is 35.9 Å². The fourth-order valence-electron chi connectivity index (χ4n) is 3.81. The number of nitrogens with zero attached hydrogens (tertiary/aromatic N) is 1. The van der Waals surface area contributed by atoms with E-state index in [2.05, 4.69) is 5.32 Å². The van der Waals surface area contributed by atoms with Crippen LogP contribution in [0.5, 0.6) is 5.75 Å². The van der Waals surface area contributed by atoms with Crippen molar-refractivity contribution in [1.82, 2.24) is 4.90 Å². The minimum Gasteiger partial charge on any atom is -0.488 e. The largest absolute Gasteiger partial charge is 0.488 e. The Morgan fingerprint density at radius 3 is 2.77 bits per heavy atom. The lowest BCUT2D eigenvalue weighted by molar-refractivity contribution is 0.0270. The summed E-state index contributed by atoms with van der Waals surface area (Å²) in [5.74, 6) is 0.399. The average Bonchev–Trinajstić information content (AvgIpc) is 2.72. The first-order valence-corrected chi connectivity index (χ1v) is 10.7. The van der Waals surface area contributed by atoms with Crippen LogP contribution in [0.4, 0.5) is 14.9 Å². The summed E-state index contributed by atoms with van der Waals surface area (Å²) in [6, 6.07) is 10.3. The van der Waals surface area contributed by atoms with Gasteiger partial charge in [-0.2, -0.15) is 0 Å². The standard InChI is InChI=1S/C24H26ClFN2O3/c1-24(2,3)31-23(29)28-11-9-15(10-12-28)17-5-4-6-20-22(17)30-14-21(27-20)18-8-7-16(25)13-19(18)26/h4-9,13,21,27H,10-12,14H2,1-3H3. The van der Waals surface area contributed by atoms with Crippen LogP contribution >= 0.6 is 11.6 Å². The van der Waals surface area contributed by atoms with Gasteiger partial charge >= 0.3 is 6.09 Å². The first kappa shape index (κ1) is 21.5. The minimum atomic E-state index is -0.515. The molecule has 1 N–H and O–H groups in total. The van der Waals surface area contributed by atoms with Crippen molar-refractivity contribution in [3.8, 4) is 5.75 Å². The smallest absolute Gasteiger partial charge is 0.410 e. The maximum Gasteiger partial charge on any atom is 0.410 e. The van der Waals surface area contributed by atoms with Crippen molar-refractivity contribution in [3.05, 3.63) is 64.4 Å². The number of para-hydroxylation sites is 1. The average molecular weight is 445 g/mol. The van der Waals surface area contributed by atoms with E-state index in [1.54, 1.807) is 17.0 Å². The number of ether oxygens (including phenoxy) is 2. The van der Waals surface area contributed by atoms with E-state index in [0.717, 1.165) is 22.6 Å². The Morgan fingerprint density at radius 2 is 2.10 bits per heavy atom. The molecule has 2 aromatic rings. The number of nitrogens with one attached hydrogen (secondary N) is 1. The molecule has 0 bridgehead atoms. The van der Waals surface area contributed by atoms with Crippen molar-refractivity contribution in [2.24, 2.45) is 0 Å². The van der Waals surface area contributed by atoms with Crippen molar-refractivity contribution >= 4 is 29.0 Å². The molecule has 0 radical (unpaired) electrons. The first-order valence-electron chi connectivity index (χ1n) is 10.4. The van der Waals surface area contributed by atoms with Gasteiger partial charge in [0.1, 0.15) is 23.8 Å². The quantitative estimate of drug-likeness (QED) is 0.612. The summed E-state index contributed by atoms with van der Waals surface area (Å²) in [6.45, 7) is 6.95. The highest BCUT2D eigenvalue weighted by atomic mass is 35.5. The molecular formula is C24H26ClFN2O3. The van der Waals surface area contributed by atoms with Crippen molar-refractivity contribution < 1.29 is 18.7 Å². The Kier molecular flexibility index (Phi) is 5.84. The van der Waals surface area contributed by atoms with Crippen LogP contribution in [0.15, 0.2) is 42.5 Å². The summed E-state index contributed by atoms with van der Waals surface area (Å²) < 4.78 is 25.9. The first-order chi connectivity index (χ1) is 14.7. The summed E-state index contributed by atoms with van der Waals surface area (Å²) in [5, 5.41) is 3.75. The Labute approximate surface area is 186 Å². The van der Waals surface area contributed by atoms with Crippen molar-refractivity contribution in [3.63, 3.8) is 0 Å². The highest BCUT2D eigenvalue weighted by molar-refractivity contribution is 6.30. The molecule has 0 aromatic heterocycles. The van der Waals surface area contributed by atoms with Crippen LogP contribution in [0.25, 0.3) is 5.57 Å². The summed E-state index contributed by atoms with van der Waals surface area (Å²) >= 11 is 5.87. The Hall–Kier alpha value is -2.73. The van der Waals surface area contributed by atoms with Gasteiger partial charge in [0, 0.05) is 29.2 Å². The zero-order valence-corrected chi connectivity index (χ0v) is 18.6. The van der Waals surface area contributed by atoms with E-state index in [-0.39, 0.29) is 18.0 Å². The highest BCUT2D eigenvalue weighted by Crippen LogP contribution is 2.41. The van der Waals surface area contributed by atoms with Crippen LogP contribution in [0.1, 0.15) is 44.4 Å². The number of hydrogen-bond acceptors (Lipinski definition) is 4. The third-order valence-electron chi connectivity index (χ3n) is 5.28. The van der Waals surface area contributed by atoms with E-state index in [9.17, 15) is 9.18 Å². The molecule has 0 aliphatic carbocycles. The number of anilines is 1. The number of amides is 1. The molecule has 1 atom stereocenters. The van der Waals surface area contributed by atoms with Crippen LogP contribution in [0, 0.1) is 5.82 Å². The molecule has 5 nitrogen and oxygen atoms in total. The fourth-order valence-corrected chi connectivity index (χ4v) is 3.97. The minimum absolute atomic E-state index is 0.302. The molecule has 0 spiro atoms. The van der Waals surface area contributed by atoms with E-state index in [4.69, 9.17) is 21.1 Å². The monoisotopic (exact) mass is 444 g/mol. The lowest BCUT2D eigenvalue weighted by Crippen LogP contribution is -2.39. The van der Waals surface area contributed by atoms with Gasteiger partial charge in [-0.25, -0.2) is 9.18 Å². The summed E-state index contributed by atoms with van der Waals surface area (Å²) in [5.41, 5.74) is 2.93. The van der Waals surface area contributed by atoms with Crippen LogP contribution in [-0.2, 0) is 4.74 Å². The van der Waals surface area contributed by atoms with Gasteiger partial charge in [-0.05, 0) is 51.0 Å². The predicted octanol–water partition coefficient (Wildman–Crippen LogP) is 6.05. The molecule has 7 heteroatoms. The van der Waals surface area contributed by atoms with Crippen molar-refractivity contribution in [1.29, 1.82) is 0 Å². The van der Waals surface area contributed by atoms with Crippen LogP contribution in [0.2, 0.25) is 5.02 Å². The molecule has 31 heavy (non-hydrogen) atoms. The van der Waals surface area contributed by atoms with Gasteiger partial charge in [0.2, 0.25) is 0 Å². The van der Waals surface area contributed by atoms with Gasteiger partial charge in [0.05, 0.1) is 11.7 Å². The second kappa shape index (κ2) is 8.42. The lowest BCUT2D eigenvalue weighted by atomic mass is 9.96. The SMILES string of the molecule is CC(C)(C)OC(=O)N1CC=C(c2cccc3c2OCC(c2ccc(Cl)cc2F)N3)CC1. The van der Waals surface area contributed by atoms with Gasteiger partial charge in [-0.15, -0.1) is 0 Å². The molecule has 0 saturated carbocycles. The zero-order chi connectivity index (χ0) is 22.2. The molecule has 164 valence electrons. The normalized spacial score (nSPS) is 18.4. The number of rotatable bonds is 2. The third-order valence-corrected chi connectivity index (χ3v) is 5.52. The third kappa shape index (κ3) is 4.79. The number of halogens is 2. The van der Waals surface area contributed by atoms with Gasteiger partial charge in [0.15, 0.2) is 0 Å². The molecule has 4 rings (SSSR count). The Morgan fingerprint density at radius 1 is 1.29 bits per heavy atom. The molecule has 2 aliphatic rings. The van der Waals surface area contributed by atoms with Gasteiger partial charge in [-0.3, -0.25) is 0 Å². The number of fused-ring (bicyclic) bond motifs is 1. The van der Waals surface area contributed by atoms with E-state index in [1.165, 1.54) is 6.07 Å². The molecule has 1 unspecified atom stereocenters. The van der Waals surface area contributed by atoms with Crippen molar-refractivity contribution in [2.75, 3.05) is 25.0 Å². The predicted molar refractivity (Wildman–Crippen MR) is 120 cm³/mol. The van der Waals surface area contributed by atoms with E-state index < -0.39 is 5.60 Å². The number of benzene rings is 2. The zero-order valence-electron chi connectivity index (χ0n) is 17.9. The van der Waals surface area contributed by atoms with Crippen LogP contribution < -0.4 is 10.1 Å². The molecule has 2 aliphatic heterocycles. The van der Waals surface area contributed by atoms with E-state index >= 15 is 0 Å². The second-order valence-electron chi connectivity index (χ2n) is 8.76. The summed E-state index contributed by atoms with van der Waals surface area (Å²) in [6.07, 6.45) is 2.44. The van der Waals surface area contributed by atoms with E-state index in [0.29, 0.717) is 36.7 Å². The molecule has 2 aromatic carbocycles. The van der Waals surface area contributed by atoms with E-state index in [1.807, 2.05) is 45.0 Å². The Balaban J connectivity index is 1.51. The topological polar surface area (TPSA) is 50.8 Å². The maximum atomic E-state index is 14.4. The Bertz CT molecular complexity index is 1030. The molecule has 2 heterocycles.